The Morgan fingerprint density at radius 1 is 1.44 bits per heavy atom. The summed E-state index contributed by atoms with van der Waals surface area (Å²) in [7, 11) is -3.53. The maximum atomic E-state index is 11.5. The molecule has 0 amide bonds. The molecule has 0 aromatic heterocycles. The zero-order valence-corrected chi connectivity index (χ0v) is 10.4. The minimum Gasteiger partial charge on any atom is -0.481 e. The van der Waals surface area contributed by atoms with Gasteiger partial charge in [-0.15, -0.1) is 0 Å². The van der Waals surface area contributed by atoms with Crippen LogP contribution in [0, 0.1) is 0 Å². The molecule has 0 aliphatic carbocycles. The molecular formula is C9H19NO5S. The number of sulfonamides is 1. The number of aliphatic hydroxyl groups is 1. The third-order valence-corrected chi connectivity index (χ3v) is 3.96. The van der Waals surface area contributed by atoms with Crippen LogP contribution in [0.25, 0.3) is 0 Å². The summed E-state index contributed by atoms with van der Waals surface area (Å²) in [5, 5.41) is 17.4. The highest BCUT2D eigenvalue weighted by Crippen LogP contribution is 2.10. The summed E-state index contributed by atoms with van der Waals surface area (Å²) in [6, 6.07) is 0. The van der Waals surface area contributed by atoms with Gasteiger partial charge in [-0.05, 0) is 19.8 Å². The van der Waals surface area contributed by atoms with E-state index in [9.17, 15) is 13.2 Å². The van der Waals surface area contributed by atoms with Crippen molar-refractivity contribution in [1.29, 1.82) is 0 Å². The van der Waals surface area contributed by atoms with Crippen molar-refractivity contribution in [3.63, 3.8) is 0 Å². The van der Waals surface area contributed by atoms with E-state index in [1.54, 1.807) is 13.8 Å². The van der Waals surface area contributed by atoms with Crippen molar-refractivity contribution < 1.29 is 23.4 Å². The molecule has 0 saturated heterocycles. The summed E-state index contributed by atoms with van der Waals surface area (Å²) in [6.45, 7) is 3.07. The minimum absolute atomic E-state index is 0.0654. The molecule has 96 valence electrons. The van der Waals surface area contributed by atoms with Gasteiger partial charge in [0.25, 0.3) is 0 Å². The number of carbonyl (C=O) groups is 1. The van der Waals surface area contributed by atoms with E-state index in [0.717, 1.165) is 0 Å². The highest BCUT2D eigenvalue weighted by Gasteiger charge is 2.26. The monoisotopic (exact) mass is 253 g/mol. The molecule has 0 bridgehead atoms. The Bertz CT molecular complexity index is 321. The summed E-state index contributed by atoms with van der Waals surface area (Å²) in [4.78, 5) is 10.2. The average Bonchev–Trinajstić information content (AvgIpc) is 2.16. The Morgan fingerprint density at radius 2 is 2.00 bits per heavy atom. The van der Waals surface area contributed by atoms with E-state index < -0.39 is 21.5 Å². The first kappa shape index (κ1) is 15.3. The van der Waals surface area contributed by atoms with Gasteiger partial charge in [0, 0.05) is 6.42 Å². The van der Waals surface area contributed by atoms with Crippen LogP contribution in [-0.2, 0) is 14.8 Å². The molecule has 0 aliphatic rings. The third kappa shape index (κ3) is 6.04. The molecule has 0 fully saturated rings. The topological polar surface area (TPSA) is 104 Å². The van der Waals surface area contributed by atoms with Crippen molar-refractivity contribution in [3.05, 3.63) is 0 Å². The van der Waals surface area contributed by atoms with Crippen molar-refractivity contribution in [2.24, 2.45) is 0 Å². The van der Waals surface area contributed by atoms with Crippen LogP contribution in [0.15, 0.2) is 0 Å². The molecular weight excluding hydrogens is 234 g/mol. The number of hydrogen-bond donors (Lipinski definition) is 3. The molecule has 7 heteroatoms. The van der Waals surface area contributed by atoms with Gasteiger partial charge in [-0.2, -0.15) is 0 Å². The van der Waals surface area contributed by atoms with Gasteiger partial charge in [0.05, 0.1) is 17.9 Å². The second kappa shape index (κ2) is 6.17. The maximum absolute atomic E-state index is 11.5. The van der Waals surface area contributed by atoms with Crippen LogP contribution >= 0.6 is 0 Å². The first-order chi connectivity index (χ1) is 7.24. The van der Waals surface area contributed by atoms with Gasteiger partial charge in [-0.1, -0.05) is 6.92 Å². The molecule has 1 unspecified atom stereocenters. The Kier molecular flexibility index (Phi) is 5.91. The van der Waals surface area contributed by atoms with Crippen LogP contribution in [-0.4, -0.2) is 42.5 Å². The van der Waals surface area contributed by atoms with Gasteiger partial charge in [0.1, 0.15) is 0 Å². The van der Waals surface area contributed by atoms with Gasteiger partial charge in [0.15, 0.2) is 0 Å². The number of carboxylic acids is 1. The zero-order valence-electron chi connectivity index (χ0n) is 9.56. The lowest BCUT2D eigenvalue weighted by Gasteiger charge is -2.26. The first-order valence-electron chi connectivity index (χ1n) is 5.09. The van der Waals surface area contributed by atoms with Crippen molar-refractivity contribution in [3.8, 4) is 0 Å². The lowest BCUT2D eigenvalue weighted by atomic mass is 10.0. The van der Waals surface area contributed by atoms with Crippen molar-refractivity contribution >= 4 is 16.0 Å². The summed E-state index contributed by atoms with van der Waals surface area (Å²) in [5.41, 5.74) is -0.873. The lowest BCUT2D eigenvalue weighted by molar-refractivity contribution is -0.137. The van der Waals surface area contributed by atoms with E-state index >= 15 is 0 Å². The molecule has 0 spiro atoms. The predicted octanol–water partition coefficient (Wildman–Crippen LogP) is -0.0684. The van der Waals surface area contributed by atoms with Crippen LogP contribution in [0.4, 0.5) is 0 Å². The van der Waals surface area contributed by atoms with Gasteiger partial charge >= 0.3 is 5.97 Å². The van der Waals surface area contributed by atoms with Crippen molar-refractivity contribution in [2.45, 2.75) is 38.6 Å². The van der Waals surface area contributed by atoms with E-state index in [1.165, 1.54) is 0 Å². The van der Waals surface area contributed by atoms with Crippen LogP contribution in [0.3, 0.4) is 0 Å². The number of nitrogens with one attached hydrogen (secondary N) is 1. The molecule has 0 saturated carbocycles. The second-order valence-corrected chi connectivity index (χ2v) is 5.83. The fraction of sp³-hybridized carbons (Fsp3) is 0.889. The average molecular weight is 253 g/mol. The summed E-state index contributed by atoms with van der Waals surface area (Å²) in [6.07, 6.45) is 0.348. The highest BCUT2D eigenvalue weighted by atomic mass is 32.2. The third-order valence-electron chi connectivity index (χ3n) is 2.33. The zero-order chi connectivity index (χ0) is 12.8. The molecule has 16 heavy (non-hydrogen) atoms. The maximum Gasteiger partial charge on any atom is 0.303 e. The number of aliphatic carboxylic acids is 1. The van der Waals surface area contributed by atoms with Gasteiger partial charge in [-0.3, -0.25) is 4.79 Å². The van der Waals surface area contributed by atoms with Crippen LogP contribution in [0.5, 0.6) is 0 Å². The Morgan fingerprint density at radius 3 is 2.38 bits per heavy atom. The second-order valence-electron chi connectivity index (χ2n) is 3.99. The van der Waals surface area contributed by atoms with Gasteiger partial charge in [-0.25, -0.2) is 13.1 Å². The van der Waals surface area contributed by atoms with Gasteiger partial charge in [0.2, 0.25) is 10.0 Å². The molecule has 0 aliphatic heterocycles. The van der Waals surface area contributed by atoms with E-state index in [4.69, 9.17) is 10.2 Å². The normalized spacial score (nSPS) is 15.7. The molecule has 0 rings (SSSR count). The Balaban J connectivity index is 4.29. The fourth-order valence-electron chi connectivity index (χ4n) is 1.06. The van der Waals surface area contributed by atoms with Gasteiger partial charge < -0.3 is 10.2 Å². The van der Waals surface area contributed by atoms with Crippen LogP contribution in [0.2, 0.25) is 0 Å². The quantitative estimate of drug-likeness (QED) is 0.562. The number of hydrogen-bond acceptors (Lipinski definition) is 4. The molecule has 0 aromatic rings. The number of rotatable bonds is 8. The summed E-state index contributed by atoms with van der Waals surface area (Å²) >= 11 is 0. The van der Waals surface area contributed by atoms with Crippen LogP contribution < -0.4 is 4.72 Å². The van der Waals surface area contributed by atoms with Crippen molar-refractivity contribution in [1.82, 2.24) is 4.72 Å². The summed E-state index contributed by atoms with van der Waals surface area (Å²) in [5.74, 6) is -1.26. The van der Waals surface area contributed by atoms with E-state index in [0.29, 0.717) is 6.42 Å². The predicted molar refractivity (Wildman–Crippen MR) is 59.6 cm³/mol. The number of aliphatic hydroxyl groups excluding tert-OH is 1. The molecule has 6 nitrogen and oxygen atoms in total. The van der Waals surface area contributed by atoms with E-state index in [-0.39, 0.29) is 25.2 Å². The first-order valence-corrected chi connectivity index (χ1v) is 6.74. The lowest BCUT2D eigenvalue weighted by Crippen LogP contribution is -2.49. The number of carboxylic acid groups (broad SMARTS) is 1. The molecule has 3 N–H and O–H groups in total. The Labute approximate surface area is 95.7 Å². The molecule has 0 radical (unpaired) electrons. The minimum atomic E-state index is -3.53. The standard InChI is InChI=1S/C9H19NO5S/c1-3-9(2,7-11)10-16(14,15)6-4-5-8(12)13/h10-11H,3-7H2,1-2H3,(H,12,13). The molecule has 0 aromatic carbocycles. The smallest absolute Gasteiger partial charge is 0.303 e. The molecule has 1 atom stereocenters. The van der Waals surface area contributed by atoms with E-state index in [2.05, 4.69) is 4.72 Å². The van der Waals surface area contributed by atoms with E-state index in [1.807, 2.05) is 0 Å². The summed E-state index contributed by atoms with van der Waals surface area (Å²) < 4.78 is 25.4. The largest absolute Gasteiger partial charge is 0.481 e. The SMILES string of the molecule is CCC(C)(CO)NS(=O)(=O)CCCC(=O)O. The van der Waals surface area contributed by atoms with Crippen molar-refractivity contribution in [2.75, 3.05) is 12.4 Å². The van der Waals surface area contributed by atoms with Crippen LogP contribution in [0.1, 0.15) is 33.1 Å². The molecule has 0 heterocycles. The Hall–Kier alpha value is -0.660. The fourth-order valence-corrected chi connectivity index (χ4v) is 2.64. The highest BCUT2D eigenvalue weighted by molar-refractivity contribution is 7.89.